The van der Waals surface area contributed by atoms with E-state index in [-0.39, 0.29) is 32.0 Å². The van der Waals surface area contributed by atoms with Crippen LogP contribution in [0.1, 0.15) is 271 Å². The summed E-state index contributed by atoms with van der Waals surface area (Å²) in [4.78, 5) is 37.9. The van der Waals surface area contributed by atoms with Gasteiger partial charge in [-0.1, -0.05) is 247 Å². The molecular formula is C64H116NO8P. The lowest BCUT2D eigenvalue weighted by atomic mass is 10.0. The first kappa shape index (κ1) is 71.5. The third-order valence-electron chi connectivity index (χ3n) is 13.2. The van der Waals surface area contributed by atoms with Gasteiger partial charge in [0.05, 0.1) is 27.7 Å². The molecular weight excluding hydrogens is 942 g/mol. The van der Waals surface area contributed by atoms with Gasteiger partial charge in [-0.3, -0.25) is 14.2 Å². The van der Waals surface area contributed by atoms with E-state index in [9.17, 15) is 19.0 Å². The second-order valence-corrected chi connectivity index (χ2v) is 23.1. The van der Waals surface area contributed by atoms with E-state index in [4.69, 9.17) is 18.5 Å². The summed E-state index contributed by atoms with van der Waals surface area (Å²) in [6, 6.07) is 0. The zero-order valence-corrected chi connectivity index (χ0v) is 49.7. The third-order valence-corrected chi connectivity index (χ3v) is 14.2. The van der Waals surface area contributed by atoms with E-state index in [0.717, 1.165) is 70.6 Å². The van der Waals surface area contributed by atoms with Gasteiger partial charge in [0, 0.05) is 12.8 Å². The Morgan fingerprint density at radius 3 is 1.16 bits per heavy atom. The van der Waals surface area contributed by atoms with Crippen molar-refractivity contribution in [3.63, 3.8) is 0 Å². The maximum absolute atomic E-state index is 12.8. The number of allylic oxidation sites excluding steroid dienone is 12. The molecule has 2 atom stereocenters. The van der Waals surface area contributed by atoms with Crippen LogP contribution in [-0.2, 0) is 32.7 Å². The highest BCUT2D eigenvalue weighted by Crippen LogP contribution is 2.38. The summed E-state index contributed by atoms with van der Waals surface area (Å²) in [5, 5.41) is 0. The van der Waals surface area contributed by atoms with Crippen LogP contribution >= 0.6 is 7.82 Å². The van der Waals surface area contributed by atoms with Crippen molar-refractivity contribution in [1.82, 2.24) is 0 Å². The molecule has 0 saturated heterocycles. The van der Waals surface area contributed by atoms with Gasteiger partial charge in [0.1, 0.15) is 19.8 Å². The van der Waals surface area contributed by atoms with E-state index in [2.05, 4.69) is 86.8 Å². The first-order chi connectivity index (χ1) is 36.0. The van der Waals surface area contributed by atoms with Gasteiger partial charge in [0.15, 0.2) is 6.10 Å². The van der Waals surface area contributed by atoms with E-state index in [0.29, 0.717) is 17.4 Å². The topological polar surface area (TPSA) is 111 Å². The van der Waals surface area contributed by atoms with Gasteiger partial charge < -0.3 is 27.9 Å². The van der Waals surface area contributed by atoms with Crippen LogP contribution in [-0.4, -0.2) is 70.0 Å². The van der Waals surface area contributed by atoms with Crippen LogP contribution in [0.5, 0.6) is 0 Å². The number of carbonyl (C=O) groups is 2. The lowest BCUT2D eigenvalue weighted by Gasteiger charge is -2.28. The highest BCUT2D eigenvalue weighted by atomic mass is 31.2. The molecule has 0 aliphatic carbocycles. The minimum atomic E-state index is -4.64. The van der Waals surface area contributed by atoms with Crippen molar-refractivity contribution in [2.45, 2.75) is 277 Å². The molecule has 0 heterocycles. The number of nitrogens with zero attached hydrogens (tertiary/aromatic N) is 1. The van der Waals surface area contributed by atoms with Gasteiger partial charge in [-0.05, 0) is 83.5 Å². The molecule has 0 fully saturated rings. The summed E-state index contributed by atoms with van der Waals surface area (Å²) >= 11 is 0. The average Bonchev–Trinajstić information content (AvgIpc) is 3.36. The minimum absolute atomic E-state index is 0.0321. The van der Waals surface area contributed by atoms with E-state index in [1.807, 2.05) is 21.1 Å². The van der Waals surface area contributed by atoms with Gasteiger partial charge in [-0.2, -0.15) is 0 Å². The minimum Gasteiger partial charge on any atom is -0.756 e. The van der Waals surface area contributed by atoms with Crippen LogP contribution in [0.4, 0.5) is 0 Å². The zero-order valence-electron chi connectivity index (χ0n) is 48.8. The fourth-order valence-corrected chi connectivity index (χ4v) is 9.23. The maximum atomic E-state index is 12.8. The second kappa shape index (κ2) is 55.2. The number of carbonyl (C=O) groups excluding carboxylic acids is 2. The largest absolute Gasteiger partial charge is 0.756 e. The highest BCUT2D eigenvalue weighted by molar-refractivity contribution is 7.45. The van der Waals surface area contributed by atoms with Crippen LogP contribution < -0.4 is 4.89 Å². The number of ether oxygens (including phenoxy) is 2. The lowest BCUT2D eigenvalue weighted by molar-refractivity contribution is -0.870. The smallest absolute Gasteiger partial charge is 0.306 e. The predicted molar refractivity (Wildman–Crippen MR) is 314 cm³/mol. The Labute approximate surface area is 457 Å². The lowest BCUT2D eigenvalue weighted by Crippen LogP contribution is -2.37. The SMILES string of the molecule is CC/C=C\C/C=C\C/C=C\C/C=C\C/C=C\CCCCCCCCCCCCCCCCCC(=O)OC(COC(=O)CCCCCCCCCCC/C=C\CCCCCCCC)COP(=O)([O-])OCC[N+](C)(C)C. The van der Waals surface area contributed by atoms with Gasteiger partial charge in [0.2, 0.25) is 0 Å². The summed E-state index contributed by atoms with van der Waals surface area (Å²) in [6.45, 7) is 4.15. The molecule has 0 rings (SSSR count). The Morgan fingerprint density at radius 2 is 0.770 bits per heavy atom. The number of unbranched alkanes of at least 4 members (excludes halogenated alkanes) is 30. The molecule has 2 unspecified atom stereocenters. The summed E-state index contributed by atoms with van der Waals surface area (Å²) in [6.07, 6.45) is 72.4. The molecule has 0 bridgehead atoms. The molecule has 0 radical (unpaired) electrons. The molecule has 74 heavy (non-hydrogen) atoms. The molecule has 0 saturated carbocycles. The van der Waals surface area contributed by atoms with Crippen molar-refractivity contribution in [2.24, 2.45) is 0 Å². The normalized spacial score (nSPS) is 13.8. The maximum Gasteiger partial charge on any atom is 0.306 e. The molecule has 10 heteroatoms. The Hall–Kier alpha value is -2.55. The van der Waals surface area contributed by atoms with Crippen LogP contribution in [0.15, 0.2) is 72.9 Å². The van der Waals surface area contributed by atoms with Gasteiger partial charge in [0.25, 0.3) is 7.82 Å². The molecule has 0 aromatic carbocycles. The highest BCUT2D eigenvalue weighted by Gasteiger charge is 2.22. The van der Waals surface area contributed by atoms with E-state index in [1.54, 1.807) is 0 Å². The fourth-order valence-electron chi connectivity index (χ4n) is 8.50. The molecule has 0 amide bonds. The number of phosphoric acid groups is 1. The summed E-state index contributed by atoms with van der Waals surface area (Å²) in [5.41, 5.74) is 0. The quantitative estimate of drug-likeness (QED) is 0.0195. The molecule has 0 N–H and O–H groups in total. The van der Waals surface area contributed by atoms with Crippen LogP contribution in [0.25, 0.3) is 0 Å². The van der Waals surface area contributed by atoms with Crippen molar-refractivity contribution in [2.75, 3.05) is 47.5 Å². The predicted octanol–water partition coefficient (Wildman–Crippen LogP) is 18.6. The zero-order chi connectivity index (χ0) is 54.2. The number of hydrogen-bond acceptors (Lipinski definition) is 8. The van der Waals surface area contributed by atoms with Gasteiger partial charge in [-0.15, -0.1) is 0 Å². The Bertz CT molecular complexity index is 1480. The van der Waals surface area contributed by atoms with Crippen molar-refractivity contribution >= 4 is 19.8 Å². The van der Waals surface area contributed by atoms with Crippen LogP contribution in [0, 0.1) is 0 Å². The summed E-state index contributed by atoms with van der Waals surface area (Å²) in [7, 11) is 1.17. The van der Waals surface area contributed by atoms with Crippen LogP contribution in [0.2, 0.25) is 0 Å². The summed E-state index contributed by atoms with van der Waals surface area (Å²) < 4.78 is 34.2. The van der Waals surface area contributed by atoms with Crippen molar-refractivity contribution in [1.29, 1.82) is 0 Å². The molecule has 0 aromatic rings. The second-order valence-electron chi connectivity index (χ2n) is 21.7. The van der Waals surface area contributed by atoms with Gasteiger partial charge in [-0.25, -0.2) is 0 Å². The first-order valence-corrected chi connectivity index (χ1v) is 32.1. The summed E-state index contributed by atoms with van der Waals surface area (Å²) in [5.74, 6) is -0.829. The number of esters is 2. The molecule has 0 aliphatic heterocycles. The van der Waals surface area contributed by atoms with Crippen molar-refractivity contribution in [3.8, 4) is 0 Å². The van der Waals surface area contributed by atoms with Crippen LogP contribution in [0.3, 0.4) is 0 Å². The first-order valence-electron chi connectivity index (χ1n) is 30.6. The molecule has 0 aromatic heterocycles. The van der Waals surface area contributed by atoms with Crippen molar-refractivity contribution < 1.29 is 42.1 Å². The molecule has 9 nitrogen and oxygen atoms in total. The van der Waals surface area contributed by atoms with Crippen molar-refractivity contribution in [3.05, 3.63) is 72.9 Å². The van der Waals surface area contributed by atoms with Gasteiger partial charge >= 0.3 is 11.9 Å². The van der Waals surface area contributed by atoms with E-state index < -0.39 is 26.5 Å². The van der Waals surface area contributed by atoms with E-state index >= 15 is 0 Å². The number of quaternary nitrogens is 1. The number of phosphoric ester groups is 1. The Morgan fingerprint density at radius 1 is 0.432 bits per heavy atom. The number of rotatable bonds is 56. The number of likely N-dealkylation sites (N-methyl/N-ethyl adjacent to an activating group) is 1. The number of hydrogen-bond donors (Lipinski definition) is 0. The average molecular weight is 1060 g/mol. The Balaban J connectivity index is 4.09. The molecule has 430 valence electrons. The van der Waals surface area contributed by atoms with E-state index in [1.165, 1.54) is 167 Å². The Kier molecular flexibility index (Phi) is 53.3. The standard InChI is InChI=1S/C64H116NO8P/c1-6-8-10-12-14-16-18-20-22-24-26-27-28-29-30-31-32-33-34-35-36-37-39-41-43-45-47-49-51-53-55-57-64(67)73-62(61-72-74(68,69)71-59-58-65(3,4)5)60-70-63(66)56-54-52-50-48-46-44-42-40-38-25-23-21-19-17-15-13-11-9-7-2/h8,10,14,16,20-23,26-27,29-30,62H,6-7,9,11-13,15,17-19,24-25,28,31-61H2,1-5H3/b10-8-,16-14-,22-20-,23-21-,27-26-,30-29-. The fraction of sp³-hybridized carbons (Fsp3) is 0.781. The molecule has 0 spiro atoms. The molecule has 0 aliphatic rings. The third kappa shape index (κ3) is 58.7. The monoisotopic (exact) mass is 1060 g/mol.